The zero-order chi connectivity index (χ0) is 19.2. The maximum atomic E-state index is 12.2. The van der Waals surface area contributed by atoms with Gasteiger partial charge in [0, 0.05) is 35.5 Å². The van der Waals surface area contributed by atoms with Gasteiger partial charge in [-0.1, -0.05) is 18.2 Å². The van der Waals surface area contributed by atoms with E-state index < -0.39 is 0 Å². The highest BCUT2D eigenvalue weighted by molar-refractivity contribution is 5.95. The first-order chi connectivity index (χ1) is 13.0. The fraction of sp³-hybridized carbons (Fsp3) is 0.190. The number of nitrogens with one attached hydrogen (secondary N) is 1. The van der Waals surface area contributed by atoms with E-state index in [1.54, 1.807) is 37.6 Å². The molecule has 0 atom stereocenters. The van der Waals surface area contributed by atoms with Crippen molar-refractivity contribution in [1.82, 2.24) is 15.3 Å². The minimum atomic E-state index is -0.129. The first kappa shape index (κ1) is 18.4. The van der Waals surface area contributed by atoms with Gasteiger partial charge >= 0.3 is 0 Å². The fourth-order valence-corrected chi connectivity index (χ4v) is 2.47. The molecule has 138 valence electrons. The van der Waals surface area contributed by atoms with Gasteiger partial charge in [0.1, 0.15) is 11.5 Å². The molecule has 0 saturated heterocycles. The second kappa shape index (κ2) is 8.31. The Morgan fingerprint density at radius 1 is 1.04 bits per heavy atom. The molecule has 0 saturated carbocycles. The zero-order valence-corrected chi connectivity index (χ0v) is 15.5. The van der Waals surface area contributed by atoms with E-state index >= 15 is 0 Å². The first-order valence-electron chi connectivity index (χ1n) is 8.61. The third-order valence-corrected chi connectivity index (χ3v) is 3.70. The highest BCUT2D eigenvalue weighted by Crippen LogP contribution is 2.25. The topological polar surface area (TPSA) is 73.3 Å². The lowest BCUT2D eigenvalue weighted by Gasteiger charge is -2.10. The van der Waals surface area contributed by atoms with E-state index in [9.17, 15) is 4.79 Å². The zero-order valence-electron chi connectivity index (χ0n) is 15.5. The summed E-state index contributed by atoms with van der Waals surface area (Å²) in [6, 6.07) is 16.2. The molecule has 0 unspecified atom stereocenters. The maximum Gasteiger partial charge on any atom is 0.251 e. The van der Waals surface area contributed by atoms with Gasteiger partial charge in [0.2, 0.25) is 5.88 Å². The molecule has 3 rings (SSSR count). The van der Waals surface area contributed by atoms with E-state index in [4.69, 9.17) is 9.47 Å². The van der Waals surface area contributed by atoms with Crippen molar-refractivity contribution in [3.05, 3.63) is 66.4 Å². The minimum absolute atomic E-state index is 0.0667. The Labute approximate surface area is 158 Å². The van der Waals surface area contributed by atoms with Gasteiger partial charge in [0.05, 0.1) is 7.11 Å². The molecule has 0 bridgehead atoms. The van der Waals surface area contributed by atoms with Gasteiger partial charge in [-0.15, -0.1) is 0 Å². The van der Waals surface area contributed by atoms with Crippen LogP contribution >= 0.6 is 0 Å². The molecule has 3 aromatic rings. The van der Waals surface area contributed by atoms with Gasteiger partial charge in [0.15, 0.2) is 5.82 Å². The van der Waals surface area contributed by atoms with Crippen LogP contribution in [-0.4, -0.2) is 29.0 Å². The second-order valence-corrected chi connectivity index (χ2v) is 6.21. The Kier molecular flexibility index (Phi) is 5.66. The van der Waals surface area contributed by atoms with Crippen molar-refractivity contribution in [2.75, 3.05) is 7.11 Å². The molecule has 27 heavy (non-hydrogen) atoms. The van der Waals surface area contributed by atoms with Crippen molar-refractivity contribution in [2.24, 2.45) is 0 Å². The molecule has 0 aliphatic carbocycles. The van der Waals surface area contributed by atoms with Gasteiger partial charge in [-0.3, -0.25) is 4.79 Å². The van der Waals surface area contributed by atoms with Gasteiger partial charge in [0.25, 0.3) is 5.91 Å². The average Bonchev–Trinajstić information content (AvgIpc) is 2.68. The van der Waals surface area contributed by atoms with Crippen LogP contribution in [-0.2, 0) is 0 Å². The molecule has 1 aromatic heterocycles. The summed E-state index contributed by atoms with van der Waals surface area (Å²) in [4.78, 5) is 21.0. The van der Waals surface area contributed by atoms with Crippen LogP contribution in [0.1, 0.15) is 24.2 Å². The predicted molar refractivity (Wildman–Crippen MR) is 103 cm³/mol. The average molecular weight is 363 g/mol. The third-order valence-electron chi connectivity index (χ3n) is 3.70. The SMILES string of the molecule is COc1cccc(Oc2ccnc(-c3cccc(C(=O)NC(C)C)c3)n2)c1. The molecule has 0 radical (unpaired) electrons. The van der Waals surface area contributed by atoms with Crippen molar-refractivity contribution in [3.8, 4) is 28.8 Å². The molecule has 1 N–H and O–H groups in total. The number of nitrogens with zero attached hydrogens (tertiary/aromatic N) is 2. The summed E-state index contributed by atoms with van der Waals surface area (Å²) in [6.07, 6.45) is 1.62. The number of carbonyl (C=O) groups is 1. The predicted octanol–water partition coefficient (Wildman–Crippen LogP) is 4.08. The minimum Gasteiger partial charge on any atom is -0.497 e. The lowest BCUT2D eigenvalue weighted by Crippen LogP contribution is -2.30. The van der Waals surface area contributed by atoms with E-state index in [1.165, 1.54) is 0 Å². The number of benzene rings is 2. The van der Waals surface area contributed by atoms with Crippen molar-refractivity contribution in [2.45, 2.75) is 19.9 Å². The van der Waals surface area contributed by atoms with E-state index in [2.05, 4.69) is 15.3 Å². The number of hydrogen-bond acceptors (Lipinski definition) is 5. The van der Waals surface area contributed by atoms with Gasteiger partial charge in [-0.25, -0.2) is 4.98 Å². The first-order valence-corrected chi connectivity index (χ1v) is 8.61. The normalized spacial score (nSPS) is 10.5. The summed E-state index contributed by atoms with van der Waals surface area (Å²) in [5.74, 6) is 2.07. The largest absolute Gasteiger partial charge is 0.497 e. The molecular weight excluding hydrogens is 342 g/mol. The molecule has 1 amide bonds. The van der Waals surface area contributed by atoms with Crippen LogP contribution in [0.5, 0.6) is 17.4 Å². The molecule has 6 heteroatoms. The molecule has 0 spiro atoms. The van der Waals surface area contributed by atoms with Crippen molar-refractivity contribution in [3.63, 3.8) is 0 Å². The van der Waals surface area contributed by atoms with Crippen LogP contribution in [0.25, 0.3) is 11.4 Å². The van der Waals surface area contributed by atoms with E-state index in [-0.39, 0.29) is 11.9 Å². The number of aromatic nitrogens is 2. The van der Waals surface area contributed by atoms with E-state index in [0.29, 0.717) is 28.8 Å². The number of amides is 1. The highest BCUT2D eigenvalue weighted by Gasteiger charge is 2.10. The molecular formula is C21H21N3O3. The Morgan fingerprint density at radius 2 is 1.81 bits per heavy atom. The summed E-state index contributed by atoms with van der Waals surface area (Å²) in [5, 5.41) is 2.88. The smallest absolute Gasteiger partial charge is 0.251 e. The Hall–Kier alpha value is -3.41. The maximum absolute atomic E-state index is 12.2. The number of hydrogen-bond donors (Lipinski definition) is 1. The van der Waals surface area contributed by atoms with Crippen molar-refractivity contribution < 1.29 is 14.3 Å². The van der Waals surface area contributed by atoms with Gasteiger partial charge in [-0.05, 0) is 38.1 Å². The van der Waals surface area contributed by atoms with Crippen LogP contribution in [0.3, 0.4) is 0 Å². The number of methoxy groups -OCH3 is 1. The van der Waals surface area contributed by atoms with E-state index in [0.717, 1.165) is 5.56 Å². The monoisotopic (exact) mass is 363 g/mol. The van der Waals surface area contributed by atoms with Gasteiger partial charge < -0.3 is 14.8 Å². The standard InChI is InChI=1S/C21H21N3O3/c1-14(2)23-21(25)16-7-4-6-15(12-16)20-22-11-10-19(24-20)27-18-9-5-8-17(13-18)26-3/h4-14H,1-3H3,(H,23,25). The number of ether oxygens (including phenoxy) is 2. The highest BCUT2D eigenvalue weighted by atomic mass is 16.5. The summed E-state index contributed by atoms with van der Waals surface area (Å²) in [6.45, 7) is 3.84. The lowest BCUT2D eigenvalue weighted by atomic mass is 10.1. The Bertz CT molecular complexity index is 941. The summed E-state index contributed by atoms with van der Waals surface area (Å²) in [7, 11) is 1.60. The Morgan fingerprint density at radius 3 is 2.59 bits per heavy atom. The fourth-order valence-electron chi connectivity index (χ4n) is 2.47. The van der Waals surface area contributed by atoms with Crippen molar-refractivity contribution >= 4 is 5.91 Å². The lowest BCUT2D eigenvalue weighted by molar-refractivity contribution is 0.0943. The summed E-state index contributed by atoms with van der Waals surface area (Å²) >= 11 is 0. The molecule has 6 nitrogen and oxygen atoms in total. The molecule has 0 aliphatic heterocycles. The van der Waals surface area contributed by atoms with Gasteiger partial charge in [-0.2, -0.15) is 4.98 Å². The molecule has 0 fully saturated rings. The van der Waals surface area contributed by atoms with Crippen molar-refractivity contribution in [1.29, 1.82) is 0 Å². The quantitative estimate of drug-likeness (QED) is 0.714. The molecule has 1 heterocycles. The third kappa shape index (κ3) is 4.82. The molecule has 0 aliphatic rings. The second-order valence-electron chi connectivity index (χ2n) is 6.21. The number of rotatable bonds is 6. The Balaban J connectivity index is 1.84. The van der Waals surface area contributed by atoms with Crippen LogP contribution < -0.4 is 14.8 Å². The van der Waals surface area contributed by atoms with Crippen LogP contribution in [0.2, 0.25) is 0 Å². The summed E-state index contributed by atoms with van der Waals surface area (Å²) in [5.41, 5.74) is 1.30. The van der Waals surface area contributed by atoms with Crippen LogP contribution in [0, 0.1) is 0 Å². The number of carbonyl (C=O) groups excluding carboxylic acids is 1. The van der Waals surface area contributed by atoms with Crippen LogP contribution in [0.4, 0.5) is 0 Å². The van der Waals surface area contributed by atoms with Crippen LogP contribution in [0.15, 0.2) is 60.8 Å². The summed E-state index contributed by atoms with van der Waals surface area (Å²) < 4.78 is 11.0. The molecule has 2 aromatic carbocycles. The van der Waals surface area contributed by atoms with E-state index in [1.807, 2.05) is 44.2 Å².